The average Bonchev–Trinajstić information content (AvgIpc) is 2.35. The summed E-state index contributed by atoms with van der Waals surface area (Å²) in [5.41, 5.74) is 1.25. The number of piperidine rings is 1. The first-order valence-electron chi connectivity index (χ1n) is 6.58. The van der Waals surface area contributed by atoms with Crippen LogP contribution in [0, 0.1) is 0 Å². The molecule has 0 atom stereocenters. The molecule has 1 aliphatic rings. The smallest absolute Gasteiger partial charge is 0.0701 e. The summed E-state index contributed by atoms with van der Waals surface area (Å²) in [7, 11) is 0. The molecule has 0 bridgehead atoms. The van der Waals surface area contributed by atoms with Gasteiger partial charge in [-0.25, -0.2) is 0 Å². The maximum atomic E-state index is 8.70. The molecule has 17 heavy (non-hydrogen) atoms. The van der Waals surface area contributed by atoms with Gasteiger partial charge >= 0.3 is 0 Å². The van der Waals surface area contributed by atoms with E-state index in [1.54, 1.807) is 0 Å². The molecule has 1 heterocycles. The molecule has 4 heteroatoms. The summed E-state index contributed by atoms with van der Waals surface area (Å²) in [6, 6.07) is 0. The van der Waals surface area contributed by atoms with Crippen LogP contribution in [-0.4, -0.2) is 62.0 Å². The van der Waals surface area contributed by atoms with Crippen LogP contribution in [0.15, 0.2) is 12.2 Å². The second-order valence-electron chi connectivity index (χ2n) is 4.60. The van der Waals surface area contributed by atoms with Gasteiger partial charge < -0.3 is 15.2 Å². The van der Waals surface area contributed by atoms with Crippen LogP contribution in [0.5, 0.6) is 0 Å². The molecule has 0 aliphatic carbocycles. The van der Waals surface area contributed by atoms with E-state index in [-0.39, 0.29) is 6.61 Å². The van der Waals surface area contributed by atoms with E-state index >= 15 is 0 Å². The number of hydrogen-bond acceptors (Lipinski definition) is 4. The lowest BCUT2D eigenvalue weighted by atomic mass is 10.1. The van der Waals surface area contributed by atoms with Gasteiger partial charge in [-0.3, -0.25) is 4.90 Å². The van der Waals surface area contributed by atoms with Crippen molar-refractivity contribution in [1.82, 2.24) is 10.2 Å². The third kappa shape index (κ3) is 6.17. The van der Waals surface area contributed by atoms with Crippen LogP contribution in [0.25, 0.3) is 0 Å². The van der Waals surface area contributed by atoms with Crippen LogP contribution in [0.1, 0.15) is 19.8 Å². The van der Waals surface area contributed by atoms with Crippen molar-refractivity contribution in [3.05, 3.63) is 12.2 Å². The number of likely N-dealkylation sites (N-methyl/N-ethyl adjacent to an activating group) is 1. The van der Waals surface area contributed by atoms with E-state index < -0.39 is 0 Å². The van der Waals surface area contributed by atoms with Gasteiger partial charge in [0.05, 0.1) is 19.3 Å². The van der Waals surface area contributed by atoms with Crippen molar-refractivity contribution >= 4 is 0 Å². The summed E-state index contributed by atoms with van der Waals surface area (Å²) >= 11 is 0. The third-order valence-electron chi connectivity index (χ3n) is 3.05. The molecular formula is C13H26N2O2. The molecule has 1 rings (SSSR count). The molecule has 0 spiro atoms. The molecule has 2 N–H and O–H groups in total. The Kier molecular flexibility index (Phi) is 7.44. The number of hydrogen-bond donors (Lipinski definition) is 2. The molecule has 0 aromatic heterocycles. The highest BCUT2D eigenvalue weighted by Crippen LogP contribution is 2.14. The van der Waals surface area contributed by atoms with E-state index in [4.69, 9.17) is 9.84 Å². The van der Waals surface area contributed by atoms with Gasteiger partial charge in [0, 0.05) is 26.2 Å². The fourth-order valence-corrected chi connectivity index (χ4v) is 2.13. The van der Waals surface area contributed by atoms with E-state index in [0.717, 1.165) is 45.6 Å². The number of nitrogens with one attached hydrogen (secondary N) is 1. The number of rotatable bonds is 8. The Hall–Kier alpha value is -0.420. The topological polar surface area (TPSA) is 44.7 Å². The van der Waals surface area contributed by atoms with Crippen molar-refractivity contribution in [1.29, 1.82) is 0 Å². The zero-order valence-electron chi connectivity index (χ0n) is 11.0. The van der Waals surface area contributed by atoms with Crippen molar-refractivity contribution < 1.29 is 9.84 Å². The fraction of sp³-hybridized carbons (Fsp3) is 0.846. The molecule has 0 unspecified atom stereocenters. The standard InChI is InChI=1S/C13H26N2O2/c1-3-14-10-12(2)11-15-6-4-13(5-7-15)17-9-8-16/h13-14,16H,2-11H2,1H3. The molecule has 0 aromatic carbocycles. The monoisotopic (exact) mass is 242 g/mol. The summed E-state index contributed by atoms with van der Waals surface area (Å²) in [5.74, 6) is 0. The lowest BCUT2D eigenvalue weighted by Crippen LogP contribution is -2.39. The normalized spacial score (nSPS) is 18.5. The highest BCUT2D eigenvalue weighted by atomic mass is 16.5. The van der Waals surface area contributed by atoms with Crippen molar-refractivity contribution in [2.45, 2.75) is 25.9 Å². The molecule has 4 nitrogen and oxygen atoms in total. The Morgan fingerprint density at radius 3 is 2.76 bits per heavy atom. The van der Waals surface area contributed by atoms with Gasteiger partial charge in [-0.2, -0.15) is 0 Å². The van der Waals surface area contributed by atoms with Crippen LogP contribution in [0.4, 0.5) is 0 Å². The minimum absolute atomic E-state index is 0.125. The number of likely N-dealkylation sites (tertiary alicyclic amines) is 1. The van der Waals surface area contributed by atoms with Crippen molar-refractivity contribution in [2.75, 3.05) is 45.9 Å². The van der Waals surface area contributed by atoms with Gasteiger partial charge in [0.15, 0.2) is 0 Å². The minimum Gasteiger partial charge on any atom is -0.394 e. The lowest BCUT2D eigenvalue weighted by Gasteiger charge is -2.32. The Labute approximate surface area is 105 Å². The molecule has 0 saturated carbocycles. The van der Waals surface area contributed by atoms with Gasteiger partial charge in [0.2, 0.25) is 0 Å². The van der Waals surface area contributed by atoms with Gasteiger partial charge in [-0.15, -0.1) is 0 Å². The highest BCUT2D eigenvalue weighted by molar-refractivity contribution is 5.00. The summed E-state index contributed by atoms with van der Waals surface area (Å²) < 4.78 is 5.54. The molecule has 1 saturated heterocycles. The van der Waals surface area contributed by atoms with Crippen LogP contribution < -0.4 is 5.32 Å². The van der Waals surface area contributed by atoms with E-state index in [0.29, 0.717) is 12.7 Å². The first kappa shape index (κ1) is 14.6. The predicted molar refractivity (Wildman–Crippen MR) is 70.2 cm³/mol. The summed E-state index contributed by atoms with van der Waals surface area (Å²) in [6.45, 7) is 11.8. The number of ether oxygens (including phenoxy) is 1. The maximum absolute atomic E-state index is 8.70. The van der Waals surface area contributed by atoms with E-state index in [9.17, 15) is 0 Å². The lowest BCUT2D eigenvalue weighted by molar-refractivity contribution is -0.00631. The first-order chi connectivity index (χ1) is 8.26. The maximum Gasteiger partial charge on any atom is 0.0701 e. The molecule has 0 radical (unpaired) electrons. The molecule has 0 amide bonds. The molecule has 100 valence electrons. The second kappa shape index (κ2) is 8.64. The van der Waals surface area contributed by atoms with Gasteiger partial charge in [-0.05, 0) is 25.0 Å². The Balaban J connectivity index is 2.12. The molecule has 0 aromatic rings. The number of nitrogens with zero attached hydrogens (tertiary/aromatic N) is 1. The van der Waals surface area contributed by atoms with Crippen LogP contribution in [0.2, 0.25) is 0 Å². The Morgan fingerprint density at radius 1 is 1.47 bits per heavy atom. The average molecular weight is 242 g/mol. The van der Waals surface area contributed by atoms with E-state index in [2.05, 4.69) is 23.7 Å². The number of aliphatic hydroxyl groups excluding tert-OH is 1. The SMILES string of the molecule is C=C(CNCC)CN1CCC(OCCO)CC1. The van der Waals surface area contributed by atoms with Crippen LogP contribution in [0.3, 0.4) is 0 Å². The van der Waals surface area contributed by atoms with Crippen LogP contribution >= 0.6 is 0 Å². The molecular weight excluding hydrogens is 216 g/mol. The van der Waals surface area contributed by atoms with Gasteiger partial charge in [-0.1, -0.05) is 13.5 Å². The minimum atomic E-state index is 0.125. The zero-order valence-corrected chi connectivity index (χ0v) is 11.0. The van der Waals surface area contributed by atoms with E-state index in [1.807, 2.05) is 0 Å². The van der Waals surface area contributed by atoms with E-state index in [1.165, 1.54) is 5.57 Å². The van der Waals surface area contributed by atoms with Crippen molar-refractivity contribution in [3.63, 3.8) is 0 Å². The fourth-order valence-electron chi connectivity index (χ4n) is 2.13. The Bertz CT molecular complexity index is 213. The highest BCUT2D eigenvalue weighted by Gasteiger charge is 2.19. The molecule has 1 fully saturated rings. The number of aliphatic hydroxyl groups is 1. The zero-order chi connectivity index (χ0) is 12.5. The summed E-state index contributed by atoms with van der Waals surface area (Å²) in [6.07, 6.45) is 2.46. The van der Waals surface area contributed by atoms with Crippen molar-refractivity contribution in [3.8, 4) is 0 Å². The van der Waals surface area contributed by atoms with Gasteiger partial charge in [0.1, 0.15) is 0 Å². The van der Waals surface area contributed by atoms with Crippen LogP contribution in [-0.2, 0) is 4.74 Å². The van der Waals surface area contributed by atoms with Crippen molar-refractivity contribution in [2.24, 2.45) is 0 Å². The summed E-state index contributed by atoms with van der Waals surface area (Å²) in [4.78, 5) is 2.43. The van der Waals surface area contributed by atoms with Gasteiger partial charge in [0.25, 0.3) is 0 Å². The second-order valence-corrected chi connectivity index (χ2v) is 4.60. The first-order valence-corrected chi connectivity index (χ1v) is 6.58. The molecule has 1 aliphatic heterocycles. The largest absolute Gasteiger partial charge is 0.394 e. The summed E-state index contributed by atoms with van der Waals surface area (Å²) in [5, 5.41) is 12.0. The predicted octanol–water partition coefficient (Wildman–Crippen LogP) is 0.625. The third-order valence-corrected chi connectivity index (χ3v) is 3.05. The Morgan fingerprint density at radius 2 is 2.18 bits per heavy atom. The quantitative estimate of drug-likeness (QED) is 0.613.